The van der Waals surface area contributed by atoms with Crippen LogP contribution in [0.15, 0.2) is 73.2 Å². The quantitative estimate of drug-likeness (QED) is 0.127. The molecule has 3 N–H and O–H groups in total. The van der Waals surface area contributed by atoms with E-state index in [1.807, 2.05) is 16.9 Å². The SMILES string of the molecule is O=C1CCN(c2cnn3cc(CCCN4Cc5ccc(-c6ccc7cn(C8CCC(CNC(=O)c9cc(F)c(O)c(F)c9F)CC8)nc7c6)cc5C4)ccc23)C(=O)N1. The number of phenolic OH excluding ortho intramolecular Hbond substituents is 1. The van der Waals surface area contributed by atoms with Crippen molar-refractivity contribution in [2.45, 2.75) is 64.1 Å². The number of amides is 4. The highest BCUT2D eigenvalue weighted by Gasteiger charge is 2.28. The second kappa shape index (κ2) is 15.3. The van der Waals surface area contributed by atoms with Gasteiger partial charge in [0.2, 0.25) is 11.7 Å². The first kappa shape index (κ1) is 37.4. The third-order valence-corrected chi connectivity index (χ3v) is 11.8. The topological polar surface area (TPSA) is 137 Å². The van der Waals surface area contributed by atoms with E-state index in [-0.39, 0.29) is 30.8 Å². The third-order valence-electron chi connectivity index (χ3n) is 11.8. The second-order valence-electron chi connectivity index (χ2n) is 15.6. The Bertz CT molecular complexity index is 2600. The van der Waals surface area contributed by atoms with Gasteiger partial charge in [0, 0.05) is 50.4 Å². The number of nitrogens with one attached hydrogen (secondary N) is 2. The number of carbonyl (C=O) groups is 3. The van der Waals surface area contributed by atoms with Crippen LogP contribution in [0.2, 0.25) is 0 Å². The Morgan fingerprint density at radius 3 is 2.53 bits per heavy atom. The number of imide groups is 1. The smallest absolute Gasteiger partial charge is 0.328 e. The molecular weight excluding hydrogens is 750 g/mol. The van der Waals surface area contributed by atoms with E-state index in [0.29, 0.717) is 18.3 Å². The lowest BCUT2D eigenvalue weighted by molar-refractivity contribution is -0.120. The van der Waals surface area contributed by atoms with Gasteiger partial charge in [-0.15, -0.1) is 0 Å². The molecule has 298 valence electrons. The molecule has 2 aliphatic heterocycles. The number of phenols is 1. The number of aryl methyl sites for hydroxylation is 1. The van der Waals surface area contributed by atoms with Gasteiger partial charge in [-0.05, 0) is 103 Å². The van der Waals surface area contributed by atoms with Gasteiger partial charge in [-0.1, -0.05) is 30.3 Å². The van der Waals surface area contributed by atoms with E-state index in [0.717, 1.165) is 91.3 Å². The summed E-state index contributed by atoms with van der Waals surface area (Å²) in [6, 6.07) is 17.4. The van der Waals surface area contributed by atoms with Gasteiger partial charge in [-0.2, -0.15) is 14.6 Å². The number of pyridine rings is 1. The minimum Gasteiger partial charge on any atom is -0.503 e. The van der Waals surface area contributed by atoms with Crippen LogP contribution in [0.5, 0.6) is 5.75 Å². The van der Waals surface area contributed by atoms with Crippen LogP contribution in [-0.4, -0.2) is 66.9 Å². The van der Waals surface area contributed by atoms with E-state index in [2.05, 4.69) is 69.3 Å². The molecule has 3 aromatic carbocycles. The van der Waals surface area contributed by atoms with Crippen molar-refractivity contribution in [3.63, 3.8) is 0 Å². The van der Waals surface area contributed by atoms with Crippen LogP contribution < -0.4 is 15.5 Å². The summed E-state index contributed by atoms with van der Waals surface area (Å²) in [5, 5.41) is 24.7. The number of rotatable bonds is 10. The van der Waals surface area contributed by atoms with E-state index in [1.54, 1.807) is 15.6 Å². The van der Waals surface area contributed by atoms with Crippen molar-refractivity contribution in [2.75, 3.05) is 24.5 Å². The normalized spacial score (nSPS) is 18.6. The lowest BCUT2D eigenvalue weighted by atomic mass is 9.86. The van der Waals surface area contributed by atoms with Crippen molar-refractivity contribution in [3.05, 3.63) is 113 Å². The fourth-order valence-electron chi connectivity index (χ4n) is 8.57. The summed E-state index contributed by atoms with van der Waals surface area (Å²) in [4.78, 5) is 40.4. The molecule has 0 spiro atoms. The molecule has 15 heteroatoms. The Kier molecular flexibility index (Phi) is 9.84. The average molecular weight is 791 g/mol. The molecule has 1 saturated carbocycles. The van der Waals surface area contributed by atoms with Crippen molar-refractivity contribution in [3.8, 4) is 16.9 Å². The number of anilines is 1. The maximum absolute atomic E-state index is 14.1. The summed E-state index contributed by atoms with van der Waals surface area (Å²) >= 11 is 0. The van der Waals surface area contributed by atoms with E-state index in [9.17, 15) is 32.7 Å². The monoisotopic (exact) mass is 790 g/mol. The van der Waals surface area contributed by atoms with Gasteiger partial charge in [0.1, 0.15) is 0 Å². The van der Waals surface area contributed by atoms with Crippen LogP contribution in [0.1, 0.15) is 71.6 Å². The zero-order valence-electron chi connectivity index (χ0n) is 31.6. The van der Waals surface area contributed by atoms with Gasteiger partial charge in [-0.3, -0.25) is 29.4 Å². The molecule has 2 fully saturated rings. The highest BCUT2D eigenvalue weighted by molar-refractivity contribution is 6.07. The molecule has 0 atom stereocenters. The van der Waals surface area contributed by atoms with Crippen LogP contribution >= 0.6 is 0 Å². The van der Waals surface area contributed by atoms with Crippen LogP contribution in [0.25, 0.3) is 27.5 Å². The van der Waals surface area contributed by atoms with Crippen molar-refractivity contribution in [2.24, 2.45) is 5.92 Å². The number of hydrogen-bond acceptors (Lipinski definition) is 7. The molecule has 4 amide bonds. The van der Waals surface area contributed by atoms with E-state index < -0.39 is 40.7 Å². The first-order chi connectivity index (χ1) is 28.1. The van der Waals surface area contributed by atoms with Gasteiger partial charge in [0.25, 0.3) is 5.91 Å². The average Bonchev–Trinajstić information content (AvgIpc) is 3.97. The molecule has 0 unspecified atom stereocenters. The van der Waals surface area contributed by atoms with Gasteiger partial charge < -0.3 is 10.4 Å². The zero-order valence-corrected chi connectivity index (χ0v) is 31.6. The standard InChI is InChI=1S/C43H41F3N8O4/c44-34-18-33(39(45)40(46)41(34)56)42(57)47-19-25-3-10-32(11-4-25)53-24-30-9-7-28(17-35(30)50-53)27-6-8-29-22-51(23-31(29)16-27)14-1-2-26-5-12-36-37(20-48-54(36)21-26)52-15-13-38(55)49-43(52)58/h5-9,12,16-18,20-21,24-25,32,56H,1-4,10-11,13-15,19,22-23H2,(H,47,57)(H,49,55,58). The second-order valence-corrected chi connectivity index (χ2v) is 15.6. The Morgan fingerprint density at radius 1 is 0.914 bits per heavy atom. The Balaban J connectivity index is 0.769. The molecule has 3 aliphatic rings. The van der Waals surface area contributed by atoms with Gasteiger partial charge >= 0.3 is 6.03 Å². The fourth-order valence-corrected chi connectivity index (χ4v) is 8.57. The van der Waals surface area contributed by atoms with Crippen molar-refractivity contribution >= 4 is 40.0 Å². The Hall–Kier alpha value is -6.22. The van der Waals surface area contributed by atoms with E-state index in [1.165, 1.54) is 11.1 Å². The van der Waals surface area contributed by atoms with Crippen LogP contribution in [0.3, 0.4) is 0 Å². The molecule has 58 heavy (non-hydrogen) atoms. The third kappa shape index (κ3) is 7.25. The molecule has 9 rings (SSSR count). The summed E-state index contributed by atoms with van der Waals surface area (Å²) in [7, 11) is 0. The molecule has 1 aliphatic carbocycles. The Labute approximate surface area is 331 Å². The number of carbonyl (C=O) groups excluding carboxylic acids is 3. The summed E-state index contributed by atoms with van der Waals surface area (Å²) in [6.07, 6.45) is 11.2. The number of nitrogens with zero attached hydrogens (tertiary/aromatic N) is 6. The van der Waals surface area contributed by atoms with Crippen molar-refractivity contribution in [1.82, 2.24) is 34.9 Å². The van der Waals surface area contributed by atoms with Gasteiger partial charge in [-0.25, -0.2) is 18.1 Å². The van der Waals surface area contributed by atoms with Gasteiger partial charge in [0.05, 0.1) is 34.5 Å². The first-order valence-electron chi connectivity index (χ1n) is 19.6. The minimum atomic E-state index is -1.78. The van der Waals surface area contributed by atoms with Gasteiger partial charge in [0.15, 0.2) is 17.4 Å². The lowest BCUT2D eigenvalue weighted by Crippen LogP contribution is -2.49. The number of aromatic nitrogens is 4. The highest BCUT2D eigenvalue weighted by atomic mass is 19.2. The van der Waals surface area contributed by atoms with Crippen molar-refractivity contribution < 1.29 is 32.7 Å². The molecule has 5 heterocycles. The number of aromatic hydroxyl groups is 1. The van der Waals surface area contributed by atoms with Crippen molar-refractivity contribution in [1.29, 1.82) is 0 Å². The number of fused-ring (bicyclic) bond motifs is 3. The molecule has 6 aromatic rings. The van der Waals surface area contributed by atoms with Crippen LogP contribution in [0, 0.1) is 23.4 Å². The fraction of sp³-hybridized carbons (Fsp3) is 0.326. The lowest BCUT2D eigenvalue weighted by Gasteiger charge is -2.28. The minimum absolute atomic E-state index is 0.127. The zero-order chi connectivity index (χ0) is 40.1. The molecule has 0 bridgehead atoms. The predicted octanol–water partition coefficient (Wildman–Crippen LogP) is 7.03. The first-order valence-corrected chi connectivity index (χ1v) is 19.6. The molecule has 1 saturated heterocycles. The molecule has 3 aromatic heterocycles. The largest absolute Gasteiger partial charge is 0.503 e. The summed E-state index contributed by atoms with van der Waals surface area (Å²) in [5.41, 5.74) is 7.75. The summed E-state index contributed by atoms with van der Waals surface area (Å²) in [5.74, 6) is -7.25. The maximum atomic E-state index is 14.1. The summed E-state index contributed by atoms with van der Waals surface area (Å²) in [6.45, 7) is 3.33. The van der Waals surface area contributed by atoms with E-state index in [4.69, 9.17) is 5.10 Å². The molecule has 12 nitrogen and oxygen atoms in total. The number of hydrogen-bond donors (Lipinski definition) is 3. The van der Waals surface area contributed by atoms with E-state index >= 15 is 0 Å². The number of halogens is 3. The number of benzene rings is 3. The number of urea groups is 1. The maximum Gasteiger partial charge on any atom is 0.328 e. The Morgan fingerprint density at radius 2 is 1.71 bits per heavy atom. The predicted molar refractivity (Wildman–Crippen MR) is 210 cm³/mol. The van der Waals surface area contributed by atoms with Crippen LogP contribution in [0.4, 0.5) is 23.7 Å². The molecule has 0 radical (unpaired) electrons. The van der Waals surface area contributed by atoms with Crippen LogP contribution in [-0.2, 0) is 24.3 Å². The molecular formula is C43H41F3N8O4. The highest BCUT2D eigenvalue weighted by Crippen LogP contribution is 2.35. The summed E-state index contributed by atoms with van der Waals surface area (Å²) < 4.78 is 45.4.